The lowest BCUT2D eigenvalue weighted by atomic mass is 9.65. The summed E-state index contributed by atoms with van der Waals surface area (Å²) in [5.41, 5.74) is 3.63. The summed E-state index contributed by atoms with van der Waals surface area (Å²) in [4.78, 5) is 29.5. The van der Waals surface area contributed by atoms with Crippen LogP contribution < -0.4 is 10.6 Å². The van der Waals surface area contributed by atoms with E-state index in [0.717, 1.165) is 37.9 Å². The number of halogens is 1. The Hall–Kier alpha value is -2.41. The molecule has 0 aromatic heterocycles. The number of hydrogen-bond donors (Lipinski definition) is 3. The molecule has 40 heavy (non-hydrogen) atoms. The summed E-state index contributed by atoms with van der Waals surface area (Å²) in [6.07, 6.45) is 9.23. The van der Waals surface area contributed by atoms with Crippen molar-refractivity contribution in [2.75, 3.05) is 19.7 Å². The van der Waals surface area contributed by atoms with E-state index in [-0.39, 0.29) is 23.3 Å². The van der Waals surface area contributed by atoms with Gasteiger partial charge in [0.05, 0.1) is 6.04 Å². The van der Waals surface area contributed by atoms with Crippen molar-refractivity contribution in [1.82, 2.24) is 15.5 Å². The van der Waals surface area contributed by atoms with Crippen molar-refractivity contribution >= 4 is 23.4 Å². The maximum absolute atomic E-state index is 14.0. The van der Waals surface area contributed by atoms with E-state index in [1.807, 2.05) is 41.3 Å². The monoisotopic (exact) mass is 563 g/mol. The first-order valence-corrected chi connectivity index (χ1v) is 15.6. The van der Waals surface area contributed by atoms with Crippen LogP contribution in [0.5, 0.6) is 0 Å². The first-order valence-electron chi connectivity index (χ1n) is 15.2. The lowest BCUT2D eigenvalue weighted by Gasteiger charge is -2.46. The molecule has 5 atom stereocenters. The molecule has 7 heteroatoms. The number of hydrogen-bond acceptors (Lipinski definition) is 4. The molecule has 6 rings (SSSR count). The second-order valence-electron chi connectivity index (χ2n) is 12.7. The average Bonchev–Trinajstić information content (AvgIpc) is 3.30. The van der Waals surface area contributed by atoms with Crippen LogP contribution >= 0.6 is 11.6 Å². The van der Waals surface area contributed by atoms with Gasteiger partial charge < -0.3 is 20.6 Å². The molecule has 2 aromatic rings. The number of nitrogens with one attached hydrogen (secondary N) is 2. The van der Waals surface area contributed by atoms with Crippen molar-refractivity contribution in [3.05, 3.63) is 70.2 Å². The van der Waals surface area contributed by atoms with Gasteiger partial charge in [0.1, 0.15) is 6.04 Å². The smallest absolute Gasteiger partial charge is 0.245 e. The Morgan fingerprint density at radius 1 is 1.05 bits per heavy atom. The highest BCUT2D eigenvalue weighted by atomic mass is 35.5. The topological polar surface area (TPSA) is 81.7 Å². The number of benzene rings is 2. The minimum atomic E-state index is -0.627. The van der Waals surface area contributed by atoms with Crippen LogP contribution in [0.4, 0.5) is 0 Å². The van der Waals surface area contributed by atoms with Gasteiger partial charge in [0.25, 0.3) is 0 Å². The summed E-state index contributed by atoms with van der Waals surface area (Å²) < 4.78 is 0. The third-order valence-corrected chi connectivity index (χ3v) is 10.8. The Morgan fingerprint density at radius 3 is 2.52 bits per heavy atom. The highest BCUT2D eigenvalue weighted by Gasteiger charge is 2.54. The van der Waals surface area contributed by atoms with E-state index < -0.39 is 6.04 Å². The Bertz CT molecular complexity index is 1210. The van der Waals surface area contributed by atoms with E-state index >= 15 is 0 Å². The van der Waals surface area contributed by atoms with Crippen molar-refractivity contribution < 1.29 is 14.7 Å². The van der Waals surface area contributed by atoms with Crippen LogP contribution in [-0.4, -0.2) is 53.6 Å². The number of fused-ring (bicyclic) bond motifs is 3. The largest absolute Gasteiger partial charge is 0.396 e. The Kier molecular flexibility index (Phi) is 8.21. The predicted molar refractivity (Wildman–Crippen MR) is 157 cm³/mol. The first kappa shape index (κ1) is 27.7. The van der Waals surface area contributed by atoms with E-state index in [0.29, 0.717) is 48.8 Å². The predicted octanol–water partition coefficient (Wildman–Crippen LogP) is 4.51. The second kappa shape index (κ2) is 11.8. The minimum Gasteiger partial charge on any atom is -0.396 e. The minimum absolute atomic E-state index is 0.00580. The normalized spacial score (nSPS) is 28.0. The summed E-state index contributed by atoms with van der Waals surface area (Å²) >= 11 is 6.12. The first-order chi connectivity index (χ1) is 19.5. The molecular weight excluding hydrogens is 522 g/mol. The summed E-state index contributed by atoms with van der Waals surface area (Å²) in [6.45, 7) is 2.39. The molecule has 1 spiro atoms. The number of carbonyl (C=O) groups is 2. The van der Waals surface area contributed by atoms with Crippen LogP contribution in [0.1, 0.15) is 61.6 Å². The second-order valence-corrected chi connectivity index (χ2v) is 13.1. The number of aliphatic hydroxyl groups is 1. The zero-order chi connectivity index (χ0) is 27.7. The van der Waals surface area contributed by atoms with Gasteiger partial charge in [0.2, 0.25) is 11.8 Å². The molecule has 2 aliphatic heterocycles. The zero-order valence-corrected chi connectivity index (χ0v) is 24.0. The third kappa shape index (κ3) is 5.55. The molecule has 0 radical (unpaired) electrons. The summed E-state index contributed by atoms with van der Waals surface area (Å²) in [6, 6.07) is 14.8. The molecule has 2 saturated carbocycles. The lowest BCUT2D eigenvalue weighted by molar-refractivity contribution is -0.139. The van der Waals surface area contributed by atoms with Gasteiger partial charge in [-0.3, -0.25) is 9.59 Å². The van der Waals surface area contributed by atoms with Crippen LogP contribution in [0.2, 0.25) is 5.02 Å². The van der Waals surface area contributed by atoms with Crippen molar-refractivity contribution in [3.8, 4) is 0 Å². The molecule has 214 valence electrons. The summed E-state index contributed by atoms with van der Waals surface area (Å²) in [5, 5.41) is 17.3. The Balaban J connectivity index is 1.15. The van der Waals surface area contributed by atoms with Gasteiger partial charge in [0, 0.05) is 37.7 Å². The highest BCUT2D eigenvalue weighted by Crippen LogP contribution is 2.60. The quantitative estimate of drug-likeness (QED) is 0.483. The van der Waals surface area contributed by atoms with Gasteiger partial charge >= 0.3 is 0 Å². The van der Waals surface area contributed by atoms with Crippen LogP contribution in [0.3, 0.4) is 0 Å². The van der Waals surface area contributed by atoms with Crippen LogP contribution in [-0.2, 0) is 29.0 Å². The van der Waals surface area contributed by atoms with E-state index in [4.69, 9.17) is 11.6 Å². The van der Waals surface area contributed by atoms with Gasteiger partial charge in [-0.2, -0.15) is 0 Å². The van der Waals surface area contributed by atoms with Crippen LogP contribution in [0, 0.1) is 23.2 Å². The van der Waals surface area contributed by atoms with Crippen molar-refractivity contribution in [1.29, 1.82) is 0 Å². The van der Waals surface area contributed by atoms with Gasteiger partial charge in [0.15, 0.2) is 0 Å². The molecule has 2 unspecified atom stereocenters. The lowest BCUT2D eigenvalue weighted by Crippen LogP contribution is -2.57. The average molecular weight is 564 g/mol. The molecule has 2 amide bonds. The number of piperidine rings is 1. The number of carbonyl (C=O) groups excluding carboxylic acids is 2. The van der Waals surface area contributed by atoms with Crippen LogP contribution in [0.15, 0.2) is 48.5 Å². The molecule has 1 saturated heterocycles. The summed E-state index contributed by atoms with van der Waals surface area (Å²) in [7, 11) is 0. The SMILES string of the molecule is O=C(N[C@H](Cc1ccc(Cl)cc1)C(=O)N1CCC2(CC1)C[C@@H](CO)C1CCCCC12)[C@H]1Cc2ccccc2CN1. The van der Waals surface area contributed by atoms with Crippen LogP contribution in [0.25, 0.3) is 0 Å². The Morgan fingerprint density at radius 2 is 1.77 bits per heavy atom. The third-order valence-electron chi connectivity index (χ3n) is 10.6. The van der Waals surface area contributed by atoms with E-state index in [1.165, 1.54) is 36.8 Å². The fourth-order valence-electron chi connectivity index (χ4n) is 8.44. The number of rotatable bonds is 6. The van der Waals surface area contributed by atoms with E-state index in [1.54, 1.807) is 0 Å². The molecule has 6 nitrogen and oxygen atoms in total. The molecule has 2 aromatic carbocycles. The number of amides is 2. The molecule has 4 aliphatic rings. The van der Waals surface area contributed by atoms with E-state index in [2.05, 4.69) is 22.8 Å². The van der Waals surface area contributed by atoms with Crippen molar-refractivity contribution in [3.63, 3.8) is 0 Å². The van der Waals surface area contributed by atoms with E-state index in [9.17, 15) is 14.7 Å². The zero-order valence-electron chi connectivity index (χ0n) is 23.3. The summed E-state index contributed by atoms with van der Waals surface area (Å²) in [5.74, 6) is 1.62. The standard InChI is InChI=1S/C33H42ClN3O3/c34-26-11-9-22(10-12-26)17-30(36-31(39)29-18-23-5-1-2-6-24(23)20-35-29)32(40)37-15-13-33(14-16-37)19-25(21-38)27-7-3-4-8-28(27)33/h1-2,5-6,9-12,25,27-30,35,38H,3-4,7-8,13-21H2,(H,36,39)/t25-,27?,28?,29+,30+/m0/s1. The van der Waals surface area contributed by atoms with Gasteiger partial charge in [-0.05, 0) is 90.5 Å². The molecule has 3 N–H and O–H groups in total. The molecule has 2 heterocycles. The van der Waals surface area contributed by atoms with Crippen molar-refractivity contribution in [2.45, 2.75) is 76.4 Å². The number of aliphatic hydroxyl groups excluding tert-OH is 1. The van der Waals surface area contributed by atoms with Crippen molar-refractivity contribution in [2.24, 2.45) is 23.2 Å². The maximum Gasteiger partial charge on any atom is 0.245 e. The molecule has 0 bridgehead atoms. The number of nitrogens with zero attached hydrogens (tertiary/aromatic N) is 1. The fourth-order valence-corrected chi connectivity index (χ4v) is 8.57. The van der Waals surface area contributed by atoms with Gasteiger partial charge in [-0.15, -0.1) is 0 Å². The molecular formula is C33H42ClN3O3. The number of likely N-dealkylation sites (tertiary alicyclic amines) is 1. The Labute approximate surface area is 242 Å². The maximum atomic E-state index is 14.0. The molecule has 3 fully saturated rings. The fraction of sp³-hybridized carbons (Fsp3) is 0.576. The highest BCUT2D eigenvalue weighted by molar-refractivity contribution is 6.30. The van der Waals surface area contributed by atoms with Gasteiger partial charge in [-0.25, -0.2) is 0 Å². The van der Waals surface area contributed by atoms with Gasteiger partial charge in [-0.1, -0.05) is 60.8 Å². The molecule has 2 aliphatic carbocycles.